The number of fused-ring (bicyclic) bond motifs is 1. The van der Waals surface area contributed by atoms with Gasteiger partial charge in [0.25, 0.3) is 0 Å². The van der Waals surface area contributed by atoms with Gasteiger partial charge in [0.1, 0.15) is 0 Å². The van der Waals surface area contributed by atoms with E-state index in [4.69, 9.17) is 4.74 Å². The number of methoxy groups -OCH3 is 2. The van der Waals surface area contributed by atoms with E-state index in [1.165, 1.54) is 29.6 Å². The number of hydrogen-bond acceptors (Lipinski definition) is 5. The van der Waals surface area contributed by atoms with Gasteiger partial charge in [-0.25, -0.2) is 0 Å². The Morgan fingerprint density at radius 3 is 2.39 bits per heavy atom. The number of allylic oxidation sites excluding steroid dienone is 3. The van der Waals surface area contributed by atoms with Gasteiger partial charge in [-0.3, -0.25) is 4.98 Å². The van der Waals surface area contributed by atoms with Crippen molar-refractivity contribution in [2.75, 3.05) is 48.6 Å². The van der Waals surface area contributed by atoms with Crippen LogP contribution in [0.5, 0.6) is 0 Å². The van der Waals surface area contributed by atoms with E-state index in [2.05, 4.69) is 52.3 Å². The molecule has 5 nitrogen and oxygen atoms in total. The molecule has 0 radical (unpaired) electrons. The molecule has 1 aromatic rings. The highest BCUT2D eigenvalue weighted by Gasteiger charge is 2.64. The Morgan fingerprint density at radius 1 is 1.05 bits per heavy atom. The molecule has 0 aromatic carbocycles. The van der Waals surface area contributed by atoms with E-state index < -0.39 is 0 Å². The van der Waals surface area contributed by atoms with Crippen molar-refractivity contribution in [1.29, 1.82) is 0 Å². The third-order valence-electron chi connectivity index (χ3n) is 9.27. The summed E-state index contributed by atoms with van der Waals surface area (Å²) in [6, 6.07) is 4.25. The first-order valence-electron chi connectivity index (χ1n) is 15.6. The normalized spacial score (nSPS) is 30.5. The third kappa shape index (κ3) is 7.30. The molecule has 3 aliphatic carbocycles. The summed E-state index contributed by atoms with van der Waals surface area (Å²) in [5.41, 5.74) is 7.54. The zero-order valence-electron chi connectivity index (χ0n) is 27.2. The minimum Gasteiger partial charge on any atom is -0.382 e. The average Bonchev–Trinajstić information content (AvgIpc) is 3.46. The first kappa shape index (κ1) is 33.5. The molecule has 5 heteroatoms. The van der Waals surface area contributed by atoms with Crippen molar-refractivity contribution >= 4 is 0 Å². The molecule has 41 heavy (non-hydrogen) atoms. The fraction of sp³-hybridized carbons (Fsp3) is 0.639. The fourth-order valence-electron chi connectivity index (χ4n) is 7.39. The van der Waals surface area contributed by atoms with Crippen molar-refractivity contribution in [1.82, 2.24) is 9.88 Å². The lowest BCUT2D eigenvalue weighted by Gasteiger charge is -2.53. The molecule has 1 aromatic heterocycles. The van der Waals surface area contributed by atoms with E-state index in [-0.39, 0.29) is 16.6 Å². The maximum Gasteiger partial charge on any atom is 0.0980 e. The highest BCUT2D eigenvalue weighted by molar-refractivity contribution is 5.50. The molecule has 1 unspecified atom stereocenters. The molecular weight excluding hydrogens is 508 g/mol. The lowest BCUT2D eigenvalue weighted by atomic mass is 9.58. The van der Waals surface area contributed by atoms with Crippen LogP contribution >= 0.6 is 0 Å². The number of ether oxygens (including phenoxy) is 3. The first-order chi connectivity index (χ1) is 19.7. The second-order valence-corrected chi connectivity index (χ2v) is 12.6. The molecule has 6 rings (SSSR count). The molecule has 0 N–H and O–H groups in total. The number of rotatable bonds is 6. The Labute approximate surface area is 250 Å². The summed E-state index contributed by atoms with van der Waals surface area (Å²) in [6.45, 7) is 12.2. The SMILES string of the molecule is C=C1CCC2=CC3=CC[C@]4(C)C(CCc5cccnc5)=CC[C@H]4C34CC[C@]2(C1)O4.CC.CN(C)C.COCCOC. The standard InChI is InChI=1S/C27H31NO.C4H10O2.C3H9N.C2H6/c1-19-5-7-22-16-23-11-12-25(2)21(8-6-20-4-3-15-28-18-20)9-10-24(25)27(23)14-13-26(22,17-19)29-27;1-5-3-4-6-2;1-4(2)3;1-2/h3-4,9,11,15-16,18,24H,1,5-8,10,12-14,17H2,2H3;3-4H2,1-2H3;1-3H3;1-2H3/t24-,25-,26-,27?;;;/m1.../s1. The molecule has 3 heterocycles. The van der Waals surface area contributed by atoms with E-state index in [1.54, 1.807) is 25.4 Å². The van der Waals surface area contributed by atoms with Crippen LogP contribution in [0.3, 0.4) is 0 Å². The van der Waals surface area contributed by atoms with Crippen LogP contribution in [-0.2, 0) is 20.6 Å². The van der Waals surface area contributed by atoms with Crippen LogP contribution in [0.15, 0.2) is 71.6 Å². The summed E-state index contributed by atoms with van der Waals surface area (Å²) in [5, 5.41) is 0. The smallest absolute Gasteiger partial charge is 0.0980 e. The molecule has 0 amide bonds. The molecular formula is C36H56N2O3. The Hall–Kier alpha value is -2.05. The summed E-state index contributed by atoms with van der Waals surface area (Å²) in [7, 11) is 9.30. The quantitative estimate of drug-likeness (QED) is 0.261. The Bertz CT molecular complexity index is 1080. The van der Waals surface area contributed by atoms with E-state index in [1.807, 2.05) is 58.4 Å². The topological polar surface area (TPSA) is 43.8 Å². The van der Waals surface area contributed by atoms with Crippen LogP contribution in [0, 0.1) is 11.3 Å². The third-order valence-corrected chi connectivity index (χ3v) is 9.27. The Balaban J connectivity index is 0.000000331. The predicted octanol–water partition coefficient (Wildman–Crippen LogP) is 7.75. The van der Waals surface area contributed by atoms with Crippen LogP contribution in [0.1, 0.15) is 77.7 Å². The summed E-state index contributed by atoms with van der Waals surface area (Å²) in [6.07, 6.45) is 21.7. The van der Waals surface area contributed by atoms with Crippen molar-refractivity contribution in [3.63, 3.8) is 0 Å². The predicted molar refractivity (Wildman–Crippen MR) is 171 cm³/mol. The first-order valence-corrected chi connectivity index (χ1v) is 15.6. The molecule has 2 fully saturated rings. The van der Waals surface area contributed by atoms with Crippen molar-refractivity contribution in [2.45, 2.75) is 89.8 Å². The van der Waals surface area contributed by atoms with E-state index >= 15 is 0 Å². The van der Waals surface area contributed by atoms with Crippen LogP contribution in [-0.4, -0.2) is 69.7 Å². The van der Waals surface area contributed by atoms with Gasteiger partial charge < -0.3 is 19.1 Å². The average molecular weight is 565 g/mol. The Morgan fingerprint density at radius 2 is 1.76 bits per heavy atom. The summed E-state index contributed by atoms with van der Waals surface area (Å²) < 4.78 is 16.5. The van der Waals surface area contributed by atoms with Gasteiger partial charge >= 0.3 is 0 Å². The van der Waals surface area contributed by atoms with Crippen molar-refractivity contribution in [3.05, 3.63) is 77.2 Å². The van der Waals surface area contributed by atoms with Crippen LogP contribution in [0.2, 0.25) is 0 Å². The van der Waals surface area contributed by atoms with Gasteiger partial charge in [-0.05, 0) is 101 Å². The van der Waals surface area contributed by atoms with Crippen molar-refractivity contribution in [2.24, 2.45) is 11.3 Å². The second-order valence-electron chi connectivity index (χ2n) is 12.6. The lowest BCUT2D eigenvalue weighted by molar-refractivity contribution is -0.125. The molecule has 4 atom stereocenters. The van der Waals surface area contributed by atoms with Crippen molar-refractivity contribution in [3.8, 4) is 0 Å². The van der Waals surface area contributed by atoms with Crippen LogP contribution in [0.25, 0.3) is 0 Å². The monoisotopic (exact) mass is 564 g/mol. The summed E-state index contributed by atoms with van der Waals surface area (Å²) >= 11 is 0. The van der Waals surface area contributed by atoms with Gasteiger partial charge in [0.05, 0.1) is 24.4 Å². The van der Waals surface area contributed by atoms with Gasteiger partial charge in [0, 0.05) is 39.0 Å². The maximum atomic E-state index is 7.20. The number of aromatic nitrogens is 1. The highest BCUT2D eigenvalue weighted by Crippen LogP contribution is 2.67. The number of aryl methyl sites for hydroxylation is 1. The second kappa shape index (κ2) is 14.9. The van der Waals surface area contributed by atoms with Gasteiger partial charge in [-0.15, -0.1) is 0 Å². The zero-order chi connectivity index (χ0) is 30.1. The van der Waals surface area contributed by atoms with Crippen LogP contribution < -0.4 is 0 Å². The molecule has 2 aliphatic heterocycles. The lowest BCUT2D eigenvalue weighted by Crippen LogP contribution is -2.53. The molecule has 1 saturated carbocycles. The summed E-state index contributed by atoms with van der Waals surface area (Å²) in [4.78, 5) is 6.29. The van der Waals surface area contributed by atoms with Gasteiger partial charge in [-0.1, -0.05) is 62.8 Å². The molecule has 2 spiro atoms. The van der Waals surface area contributed by atoms with Crippen molar-refractivity contribution < 1.29 is 14.2 Å². The molecule has 228 valence electrons. The van der Waals surface area contributed by atoms with Crippen LogP contribution in [0.4, 0.5) is 0 Å². The zero-order valence-corrected chi connectivity index (χ0v) is 27.2. The Kier molecular flexibility index (Phi) is 12.2. The number of hydrogen-bond donors (Lipinski definition) is 0. The minimum absolute atomic E-state index is 0.0383. The minimum atomic E-state index is -0.0688. The van der Waals surface area contributed by atoms with Gasteiger partial charge in [0.15, 0.2) is 0 Å². The largest absolute Gasteiger partial charge is 0.382 e. The molecule has 1 saturated heterocycles. The number of nitrogens with zero attached hydrogens (tertiary/aromatic N) is 2. The molecule has 2 bridgehead atoms. The maximum absolute atomic E-state index is 7.20. The summed E-state index contributed by atoms with van der Waals surface area (Å²) in [5.74, 6) is 0.575. The van der Waals surface area contributed by atoms with Gasteiger partial charge in [-0.2, -0.15) is 0 Å². The highest BCUT2D eigenvalue weighted by atomic mass is 16.5. The van der Waals surface area contributed by atoms with E-state index in [0.29, 0.717) is 19.1 Å². The molecule has 5 aliphatic rings. The van der Waals surface area contributed by atoms with Gasteiger partial charge in [0.2, 0.25) is 0 Å². The van der Waals surface area contributed by atoms with E-state index in [0.717, 1.165) is 44.9 Å². The number of pyridine rings is 1. The fourth-order valence-corrected chi connectivity index (χ4v) is 7.39. The van der Waals surface area contributed by atoms with E-state index in [9.17, 15) is 0 Å².